The van der Waals surface area contributed by atoms with Crippen LogP contribution < -0.4 is 5.32 Å². The van der Waals surface area contributed by atoms with Crippen LogP contribution in [-0.4, -0.2) is 22.1 Å². The average molecular weight is 326 g/mol. The molecular weight excluding hydrogens is 312 g/mol. The molecule has 2 atom stereocenters. The molecular formula is C17H14N2O3S. The summed E-state index contributed by atoms with van der Waals surface area (Å²) in [4.78, 5) is 15.7. The van der Waals surface area contributed by atoms with E-state index in [0.29, 0.717) is 17.6 Å². The third-order valence-corrected chi connectivity index (χ3v) is 4.36. The molecule has 0 fully saturated rings. The molecule has 116 valence electrons. The number of benzene rings is 2. The summed E-state index contributed by atoms with van der Waals surface area (Å²) in [5.74, 6) is -0.255. The van der Waals surface area contributed by atoms with Gasteiger partial charge in [-0.1, -0.05) is 24.3 Å². The van der Waals surface area contributed by atoms with E-state index in [1.54, 1.807) is 18.2 Å². The van der Waals surface area contributed by atoms with Crippen molar-refractivity contribution in [1.29, 1.82) is 0 Å². The topological polar surface area (TPSA) is 78.3 Å². The van der Waals surface area contributed by atoms with Crippen molar-refractivity contribution >= 4 is 29.2 Å². The van der Waals surface area contributed by atoms with Gasteiger partial charge in [0.25, 0.3) is 10.7 Å². The van der Waals surface area contributed by atoms with Gasteiger partial charge in [0.1, 0.15) is 0 Å². The number of aliphatic hydroxyl groups excluding tert-OH is 1. The summed E-state index contributed by atoms with van der Waals surface area (Å²) in [5, 5.41) is 13.1. The highest BCUT2D eigenvalue weighted by Crippen LogP contribution is 2.31. The van der Waals surface area contributed by atoms with Gasteiger partial charge >= 0.3 is 0 Å². The van der Waals surface area contributed by atoms with E-state index < -0.39 is 12.1 Å². The Kier molecular flexibility index (Phi) is 3.28. The van der Waals surface area contributed by atoms with E-state index in [0.717, 1.165) is 16.6 Å². The molecule has 0 radical (unpaired) electrons. The van der Waals surface area contributed by atoms with Crippen molar-refractivity contribution < 1.29 is 14.3 Å². The third-order valence-electron chi connectivity index (χ3n) is 4.17. The quantitative estimate of drug-likeness (QED) is 0.633. The molecule has 0 saturated carbocycles. The molecule has 3 N–H and O–H groups in total. The molecule has 1 aliphatic rings. The van der Waals surface area contributed by atoms with Crippen LogP contribution in [0.3, 0.4) is 0 Å². The number of carbonyl (C=O) groups excluding carboxylic acids is 1. The zero-order valence-corrected chi connectivity index (χ0v) is 12.9. The van der Waals surface area contributed by atoms with Crippen molar-refractivity contribution in [2.45, 2.75) is 18.6 Å². The van der Waals surface area contributed by atoms with Crippen molar-refractivity contribution in [3.63, 3.8) is 0 Å². The Morgan fingerprint density at radius 1 is 1.30 bits per heavy atom. The van der Waals surface area contributed by atoms with Crippen LogP contribution in [0.2, 0.25) is 0 Å². The van der Waals surface area contributed by atoms with Crippen LogP contribution in [0.5, 0.6) is 0 Å². The lowest BCUT2D eigenvalue weighted by Gasteiger charge is -2.18. The normalized spacial score (nSPS) is 19.7. The molecule has 0 unspecified atom stereocenters. The number of aromatic amines is 1. The number of amides is 1. The Balaban J connectivity index is 1.63. The Morgan fingerprint density at radius 3 is 3.00 bits per heavy atom. The molecule has 1 aromatic heterocycles. The summed E-state index contributed by atoms with van der Waals surface area (Å²) in [6.07, 6.45) is -0.0663. The smallest absolute Gasteiger partial charge is 0.266 e. The minimum atomic E-state index is -0.615. The first-order valence-corrected chi connectivity index (χ1v) is 7.72. The van der Waals surface area contributed by atoms with Gasteiger partial charge in [0.2, 0.25) is 0 Å². The van der Waals surface area contributed by atoms with Gasteiger partial charge in [0.15, 0.2) is 5.58 Å². The van der Waals surface area contributed by atoms with Crippen molar-refractivity contribution in [3.05, 3.63) is 64.0 Å². The van der Waals surface area contributed by atoms with Crippen LogP contribution in [-0.2, 0) is 6.42 Å². The van der Waals surface area contributed by atoms with Gasteiger partial charge in [-0.2, -0.15) is 0 Å². The van der Waals surface area contributed by atoms with Crippen molar-refractivity contribution in [2.75, 3.05) is 0 Å². The lowest BCUT2D eigenvalue weighted by atomic mass is 10.1. The molecule has 23 heavy (non-hydrogen) atoms. The first-order chi connectivity index (χ1) is 11.1. The van der Waals surface area contributed by atoms with Gasteiger partial charge in [-0.15, -0.1) is 0 Å². The number of hydrogen-bond donors (Lipinski definition) is 3. The highest BCUT2D eigenvalue weighted by atomic mass is 32.1. The number of fused-ring (bicyclic) bond motifs is 2. The standard InChI is InChI=1S/C17H14N2O3S/c20-13-7-9-3-1-2-4-11(9)15(13)19-16(21)10-5-6-12-14(8-10)22-17(23)18-12/h1-6,8,13,15,20H,7H2,(H,18,23)(H,19,21)/t13-,15+/m1/s1. The van der Waals surface area contributed by atoms with Gasteiger partial charge in [-0.05, 0) is 41.5 Å². The Hall–Kier alpha value is -2.44. The maximum Gasteiger partial charge on any atom is 0.266 e. The number of hydrogen-bond acceptors (Lipinski definition) is 4. The summed E-state index contributed by atoms with van der Waals surface area (Å²) >= 11 is 4.94. The minimum absolute atomic E-state index is 0.255. The number of nitrogens with one attached hydrogen (secondary N) is 2. The number of aromatic nitrogens is 1. The predicted octanol–water partition coefficient (Wildman–Crippen LogP) is 2.88. The first-order valence-electron chi connectivity index (χ1n) is 7.31. The molecule has 1 aliphatic carbocycles. The van der Waals surface area contributed by atoms with Crippen molar-refractivity contribution in [3.8, 4) is 0 Å². The monoisotopic (exact) mass is 326 g/mol. The van der Waals surface area contributed by atoms with Crippen molar-refractivity contribution in [1.82, 2.24) is 10.3 Å². The summed E-state index contributed by atoms with van der Waals surface area (Å²) < 4.78 is 5.34. The van der Waals surface area contributed by atoms with Crippen LogP contribution in [0.25, 0.3) is 11.1 Å². The molecule has 2 aromatic carbocycles. The summed E-state index contributed by atoms with van der Waals surface area (Å²) in [5.41, 5.74) is 3.78. The molecule has 1 heterocycles. The SMILES string of the molecule is O=C(N[C@H]1c2ccccc2C[C@H]1O)c1ccc2[nH]c(=S)oc2c1. The Morgan fingerprint density at radius 2 is 2.13 bits per heavy atom. The molecule has 5 nitrogen and oxygen atoms in total. The number of aliphatic hydroxyl groups is 1. The van der Waals surface area contributed by atoms with Crippen LogP contribution in [0.4, 0.5) is 0 Å². The first kappa shape index (κ1) is 14.2. The second-order valence-corrected chi connectivity index (χ2v) is 6.02. The number of rotatable bonds is 2. The molecule has 6 heteroatoms. The fraction of sp³-hybridized carbons (Fsp3) is 0.176. The van der Waals surface area contributed by atoms with Crippen molar-refractivity contribution in [2.24, 2.45) is 0 Å². The van der Waals surface area contributed by atoms with E-state index in [2.05, 4.69) is 10.3 Å². The van der Waals surface area contributed by atoms with E-state index in [-0.39, 0.29) is 10.7 Å². The van der Waals surface area contributed by atoms with Gasteiger partial charge in [0.05, 0.1) is 17.7 Å². The van der Waals surface area contributed by atoms with E-state index in [9.17, 15) is 9.90 Å². The van der Waals surface area contributed by atoms with E-state index in [4.69, 9.17) is 16.6 Å². The zero-order chi connectivity index (χ0) is 16.0. The second-order valence-electron chi connectivity index (χ2n) is 5.65. The predicted molar refractivity (Wildman–Crippen MR) is 87.8 cm³/mol. The zero-order valence-electron chi connectivity index (χ0n) is 12.1. The largest absolute Gasteiger partial charge is 0.429 e. The molecule has 1 amide bonds. The van der Waals surface area contributed by atoms with Gasteiger partial charge in [0, 0.05) is 12.0 Å². The number of carbonyl (C=O) groups is 1. The van der Waals surface area contributed by atoms with Gasteiger partial charge < -0.3 is 19.8 Å². The summed E-state index contributed by atoms with van der Waals surface area (Å²) in [6, 6.07) is 12.5. The third kappa shape index (κ3) is 2.46. The van der Waals surface area contributed by atoms with E-state index in [1.165, 1.54) is 0 Å². The maximum absolute atomic E-state index is 12.5. The minimum Gasteiger partial charge on any atom is -0.429 e. The number of H-pyrrole nitrogens is 1. The summed E-state index contributed by atoms with van der Waals surface area (Å²) in [7, 11) is 0. The molecule has 0 saturated heterocycles. The van der Waals surface area contributed by atoms with Gasteiger partial charge in [-0.25, -0.2) is 0 Å². The fourth-order valence-corrected chi connectivity index (χ4v) is 3.26. The highest BCUT2D eigenvalue weighted by Gasteiger charge is 2.32. The van der Waals surface area contributed by atoms with Crippen LogP contribution in [0, 0.1) is 4.84 Å². The molecule has 4 rings (SSSR count). The van der Waals surface area contributed by atoms with Gasteiger partial charge in [-0.3, -0.25) is 4.79 Å². The lowest BCUT2D eigenvalue weighted by molar-refractivity contribution is 0.0858. The molecule has 0 spiro atoms. The number of oxazole rings is 1. The lowest BCUT2D eigenvalue weighted by Crippen LogP contribution is -2.33. The molecule has 0 aliphatic heterocycles. The van der Waals surface area contributed by atoms with Crippen LogP contribution >= 0.6 is 12.2 Å². The molecule has 3 aromatic rings. The Labute approximate surface area is 137 Å². The Bertz CT molecular complexity index is 960. The summed E-state index contributed by atoms with van der Waals surface area (Å²) in [6.45, 7) is 0. The van der Waals surface area contributed by atoms with Crippen LogP contribution in [0.1, 0.15) is 27.5 Å². The highest BCUT2D eigenvalue weighted by molar-refractivity contribution is 7.71. The maximum atomic E-state index is 12.5. The molecule has 0 bridgehead atoms. The van der Waals surface area contributed by atoms with E-state index >= 15 is 0 Å². The average Bonchev–Trinajstić information content (AvgIpc) is 3.06. The fourth-order valence-electron chi connectivity index (χ4n) is 3.06. The van der Waals surface area contributed by atoms with Crippen LogP contribution in [0.15, 0.2) is 46.9 Å². The second kappa shape index (κ2) is 5.33. The van der Waals surface area contributed by atoms with E-state index in [1.807, 2.05) is 24.3 Å².